The number of aliphatic hydroxyl groups is 1. The van der Waals surface area contributed by atoms with Gasteiger partial charge in [-0.25, -0.2) is 0 Å². The van der Waals surface area contributed by atoms with Crippen molar-refractivity contribution in [3.8, 4) is 0 Å². The van der Waals surface area contributed by atoms with Crippen LogP contribution in [-0.2, 0) is 0 Å². The van der Waals surface area contributed by atoms with E-state index < -0.39 is 8.07 Å². The molecule has 0 amide bonds. The lowest BCUT2D eigenvalue weighted by molar-refractivity contribution is 0.244. The fraction of sp³-hybridized carbons (Fsp3) is 0.714. The van der Waals surface area contributed by atoms with E-state index in [1.165, 1.54) is 0 Å². The molecule has 0 aromatic carbocycles. The molecule has 0 aromatic rings. The zero-order chi connectivity index (χ0) is 7.49. The molecule has 0 saturated carbocycles. The third-order valence-electron chi connectivity index (χ3n) is 0.875. The fourth-order valence-electron chi connectivity index (χ4n) is 0.428. The first-order valence-corrected chi connectivity index (χ1v) is 6.87. The van der Waals surface area contributed by atoms with E-state index in [9.17, 15) is 0 Å². The molecule has 0 aliphatic carbocycles. The maximum atomic E-state index is 8.85. The van der Waals surface area contributed by atoms with E-state index in [0.717, 1.165) is 0 Å². The number of rotatable bonds is 2. The lowest BCUT2D eigenvalue weighted by Gasteiger charge is -2.08. The highest BCUT2D eigenvalue weighted by Crippen LogP contribution is 2.02. The Morgan fingerprint density at radius 3 is 1.89 bits per heavy atom. The van der Waals surface area contributed by atoms with Crippen LogP contribution in [0.3, 0.4) is 0 Å². The van der Waals surface area contributed by atoms with Gasteiger partial charge < -0.3 is 5.11 Å². The van der Waals surface area contributed by atoms with Crippen LogP contribution in [0.15, 0.2) is 11.8 Å². The number of aliphatic hydroxyl groups excluding tert-OH is 1. The Labute approximate surface area is 58.4 Å². The summed E-state index contributed by atoms with van der Waals surface area (Å²) < 4.78 is 0. The van der Waals surface area contributed by atoms with E-state index in [0.29, 0.717) is 0 Å². The summed E-state index contributed by atoms with van der Waals surface area (Å²) in [5, 5.41) is 8.85. The second kappa shape index (κ2) is 3.18. The minimum atomic E-state index is -1.06. The van der Waals surface area contributed by atoms with Crippen molar-refractivity contribution in [3.63, 3.8) is 0 Å². The molecule has 1 atom stereocenters. The average Bonchev–Trinajstić information content (AvgIpc) is 1.59. The monoisotopic (exact) mass is 144 g/mol. The summed E-state index contributed by atoms with van der Waals surface area (Å²) in [4.78, 5) is 0. The van der Waals surface area contributed by atoms with Crippen LogP contribution < -0.4 is 0 Å². The molecule has 0 heterocycles. The summed E-state index contributed by atoms with van der Waals surface area (Å²) in [5.74, 6) is 0. The highest BCUT2D eigenvalue weighted by molar-refractivity contribution is 6.80. The van der Waals surface area contributed by atoms with Gasteiger partial charge in [0.15, 0.2) is 0 Å². The van der Waals surface area contributed by atoms with Gasteiger partial charge in [-0.1, -0.05) is 31.4 Å². The first-order valence-electron chi connectivity index (χ1n) is 3.29. The molecule has 0 unspecified atom stereocenters. The zero-order valence-corrected chi connectivity index (χ0v) is 7.68. The van der Waals surface area contributed by atoms with Gasteiger partial charge in [0.25, 0.3) is 0 Å². The van der Waals surface area contributed by atoms with Crippen LogP contribution in [-0.4, -0.2) is 19.3 Å². The van der Waals surface area contributed by atoms with Crippen LogP contribution in [0.2, 0.25) is 19.6 Å². The molecule has 0 aliphatic heterocycles. The molecule has 0 spiro atoms. The van der Waals surface area contributed by atoms with Crippen molar-refractivity contribution >= 4 is 8.07 Å². The van der Waals surface area contributed by atoms with Gasteiger partial charge in [-0.3, -0.25) is 0 Å². The molecule has 0 fully saturated rings. The highest BCUT2D eigenvalue weighted by atomic mass is 28.3. The third kappa shape index (κ3) is 7.92. The Hall–Kier alpha value is -0.0831. The number of hydrogen-bond acceptors (Lipinski definition) is 1. The summed E-state index contributed by atoms with van der Waals surface area (Å²) in [5.41, 5.74) is 2.15. The smallest absolute Gasteiger partial charge is 0.0689 e. The Morgan fingerprint density at radius 1 is 1.33 bits per heavy atom. The Morgan fingerprint density at radius 2 is 1.78 bits per heavy atom. The molecule has 0 rings (SSSR count). The Balaban J connectivity index is 3.71. The molecule has 2 heteroatoms. The number of hydrogen-bond donors (Lipinski definition) is 1. The first kappa shape index (κ1) is 8.92. The van der Waals surface area contributed by atoms with E-state index in [1.807, 2.05) is 6.08 Å². The van der Waals surface area contributed by atoms with E-state index >= 15 is 0 Å². The molecule has 1 N–H and O–H groups in total. The highest BCUT2D eigenvalue weighted by Gasteiger charge is 2.06. The summed E-state index contributed by atoms with van der Waals surface area (Å²) in [6, 6.07) is 0. The fourth-order valence-corrected chi connectivity index (χ4v) is 1.28. The van der Waals surface area contributed by atoms with Crippen molar-refractivity contribution in [2.45, 2.75) is 32.7 Å². The third-order valence-corrected chi connectivity index (χ3v) is 2.07. The van der Waals surface area contributed by atoms with Gasteiger partial charge in [-0.2, -0.15) is 0 Å². The topological polar surface area (TPSA) is 20.2 Å². The van der Waals surface area contributed by atoms with Crippen LogP contribution >= 0.6 is 0 Å². The molecule has 9 heavy (non-hydrogen) atoms. The molecule has 54 valence electrons. The standard InChI is InChI=1S/C7H16OSi/c1-7(8)5-6-9(2,3)4/h5-8H,1-4H3/b6-5+/t7-/m1/s1. The van der Waals surface area contributed by atoms with Crippen molar-refractivity contribution in [1.29, 1.82) is 0 Å². The van der Waals surface area contributed by atoms with Gasteiger partial charge in [0.05, 0.1) is 14.2 Å². The van der Waals surface area contributed by atoms with Gasteiger partial charge in [0.2, 0.25) is 0 Å². The van der Waals surface area contributed by atoms with Gasteiger partial charge in [0, 0.05) is 0 Å². The maximum absolute atomic E-state index is 8.85. The van der Waals surface area contributed by atoms with Crippen LogP contribution in [0.5, 0.6) is 0 Å². The molecular formula is C7H16OSi. The van der Waals surface area contributed by atoms with Gasteiger partial charge in [0.1, 0.15) is 0 Å². The molecule has 0 bridgehead atoms. The van der Waals surface area contributed by atoms with Crippen molar-refractivity contribution < 1.29 is 5.11 Å². The maximum Gasteiger partial charge on any atom is 0.0689 e. The predicted molar refractivity (Wildman–Crippen MR) is 44.2 cm³/mol. The Bertz CT molecular complexity index is 100.0. The SMILES string of the molecule is C[C@@H](O)/C=C/[Si](C)(C)C. The first-order chi connectivity index (χ1) is 3.92. The van der Waals surface area contributed by atoms with Gasteiger partial charge >= 0.3 is 0 Å². The average molecular weight is 144 g/mol. The quantitative estimate of drug-likeness (QED) is 0.586. The summed E-state index contributed by atoms with van der Waals surface area (Å²) in [6.45, 7) is 8.50. The minimum Gasteiger partial charge on any atom is -0.389 e. The summed E-state index contributed by atoms with van der Waals surface area (Å²) in [7, 11) is -1.06. The van der Waals surface area contributed by atoms with Gasteiger partial charge in [-0.05, 0) is 6.92 Å². The van der Waals surface area contributed by atoms with Crippen LogP contribution in [0, 0.1) is 0 Å². The van der Waals surface area contributed by atoms with Crippen molar-refractivity contribution in [2.24, 2.45) is 0 Å². The van der Waals surface area contributed by atoms with Crippen LogP contribution in [0.1, 0.15) is 6.92 Å². The van der Waals surface area contributed by atoms with Crippen LogP contribution in [0.4, 0.5) is 0 Å². The second-order valence-electron chi connectivity index (χ2n) is 3.47. The predicted octanol–water partition coefficient (Wildman–Crippen LogP) is 1.80. The second-order valence-corrected chi connectivity index (χ2v) is 8.53. The van der Waals surface area contributed by atoms with E-state index in [1.54, 1.807) is 6.92 Å². The molecule has 0 aliphatic rings. The van der Waals surface area contributed by atoms with Crippen molar-refractivity contribution in [3.05, 3.63) is 11.8 Å². The molecule has 0 aromatic heterocycles. The minimum absolute atomic E-state index is 0.281. The molecule has 1 nitrogen and oxygen atoms in total. The summed E-state index contributed by atoms with van der Waals surface area (Å²) in [6.07, 6.45) is 1.59. The zero-order valence-electron chi connectivity index (χ0n) is 6.68. The van der Waals surface area contributed by atoms with E-state index in [4.69, 9.17) is 5.11 Å². The van der Waals surface area contributed by atoms with Gasteiger partial charge in [-0.15, -0.1) is 0 Å². The van der Waals surface area contributed by atoms with Crippen molar-refractivity contribution in [1.82, 2.24) is 0 Å². The molecule has 0 saturated heterocycles. The normalized spacial score (nSPS) is 16.6. The largest absolute Gasteiger partial charge is 0.389 e. The Kier molecular flexibility index (Phi) is 3.15. The molecule has 0 radical (unpaired) electrons. The van der Waals surface area contributed by atoms with Crippen molar-refractivity contribution in [2.75, 3.05) is 0 Å². The van der Waals surface area contributed by atoms with Crippen LogP contribution in [0.25, 0.3) is 0 Å². The van der Waals surface area contributed by atoms with E-state index in [-0.39, 0.29) is 6.10 Å². The lowest BCUT2D eigenvalue weighted by atomic mass is 10.4. The lowest BCUT2D eigenvalue weighted by Crippen LogP contribution is -2.16. The summed E-state index contributed by atoms with van der Waals surface area (Å²) >= 11 is 0. The van der Waals surface area contributed by atoms with E-state index in [2.05, 4.69) is 25.3 Å². The molecular weight excluding hydrogens is 128 g/mol.